The van der Waals surface area contributed by atoms with Crippen molar-refractivity contribution in [2.75, 3.05) is 18.1 Å². The first-order chi connectivity index (χ1) is 8.29. The highest BCUT2D eigenvalue weighted by molar-refractivity contribution is 5.52. The Morgan fingerprint density at radius 2 is 2.18 bits per heavy atom. The fourth-order valence-electron chi connectivity index (χ4n) is 3.08. The lowest BCUT2D eigenvalue weighted by Gasteiger charge is -2.26. The summed E-state index contributed by atoms with van der Waals surface area (Å²) in [7, 11) is 0. The number of nitrogens with zero attached hydrogens (tertiary/aromatic N) is 3. The first kappa shape index (κ1) is 11.0. The third-order valence-corrected chi connectivity index (χ3v) is 3.88. The topological polar surface area (TPSA) is 49.2 Å². The third kappa shape index (κ3) is 1.80. The van der Waals surface area contributed by atoms with E-state index >= 15 is 0 Å². The van der Waals surface area contributed by atoms with Crippen molar-refractivity contribution in [3.63, 3.8) is 0 Å². The van der Waals surface area contributed by atoms with E-state index in [1.54, 1.807) is 0 Å². The molecule has 1 fully saturated rings. The summed E-state index contributed by atoms with van der Waals surface area (Å²) in [5, 5.41) is 9.43. The van der Waals surface area contributed by atoms with E-state index in [9.17, 15) is 5.11 Å². The summed E-state index contributed by atoms with van der Waals surface area (Å²) in [6, 6.07) is 0.258. The number of hydrogen-bond acceptors (Lipinski definition) is 4. The van der Waals surface area contributed by atoms with Gasteiger partial charge in [0, 0.05) is 17.8 Å². The van der Waals surface area contributed by atoms with E-state index in [0.717, 1.165) is 43.9 Å². The van der Waals surface area contributed by atoms with Gasteiger partial charge in [0.15, 0.2) is 0 Å². The molecule has 2 aliphatic rings. The Morgan fingerprint density at radius 3 is 3.00 bits per heavy atom. The Morgan fingerprint density at radius 1 is 1.29 bits per heavy atom. The van der Waals surface area contributed by atoms with Crippen LogP contribution in [0.4, 0.5) is 5.82 Å². The van der Waals surface area contributed by atoms with Crippen LogP contribution in [0.5, 0.6) is 0 Å². The number of rotatable bonds is 2. The molecule has 1 aromatic heterocycles. The molecule has 1 saturated heterocycles. The molecule has 0 amide bonds. The zero-order chi connectivity index (χ0) is 11.8. The Labute approximate surface area is 102 Å². The predicted octanol–water partition coefficient (Wildman–Crippen LogP) is 1.23. The maximum absolute atomic E-state index is 9.43. The minimum Gasteiger partial charge on any atom is -0.394 e. The van der Waals surface area contributed by atoms with Crippen LogP contribution in [0.15, 0.2) is 0 Å². The molecule has 1 atom stereocenters. The van der Waals surface area contributed by atoms with Gasteiger partial charge < -0.3 is 10.0 Å². The van der Waals surface area contributed by atoms with Gasteiger partial charge in [0.05, 0.1) is 12.6 Å². The van der Waals surface area contributed by atoms with Gasteiger partial charge in [-0.3, -0.25) is 0 Å². The number of fused-ring (bicyclic) bond motifs is 1. The van der Waals surface area contributed by atoms with Crippen LogP contribution in [0.3, 0.4) is 0 Å². The summed E-state index contributed by atoms with van der Waals surface area (Å²) in [5.41, 5.74) is 2.56. The highest BCUT2D eigenvalue weighted by atomic mass is 16.3. The molecule has 4 heteroatoms. The van der Waals surface area contributed by atoms with E-state index in [-0.39, 0.29) is 12.6 Å². The zero-order valence-electron chi connectivity index (χ0n) is 10.3. The summed E-state index contributed by atoms with van der Waals surface area (Å²) < 4.78 is 0. The van der Waals surface area contributed by atoms with Crippen molar-refractivity contribution in [2.24, 2.45) is 0 Å². The molecule has 17 heavy (non-hydrogen) atoms. The van der Waals surface area contributed by atoms with E-state index < -0.39 is 0 Å². The van der Waals surface area contributed by atoms with Gasteiger partial charge in [-0.05, 0) is 39.0 Å². The van der Waals surface area contributed by atoms with Crippen molar-refractivity contribution < 1.29 is 5.11 Å². The van der Waals surface area contributed by atoms with Crippen molar-refractivity contribution >= 4 is 5.82 Å². The molecule has 0 saturated carbocycles. The number of aliphatic hydroxyl groups excluding tert-OH is 1. The molecule has 0 spiro atoms. The van der Waals surface area contributed by atoms with Gasteiger partial charge in [-0.15, -0.1) is 0 Å². The molecule has 0 radical (unpaired) electrons. The average Bonchev–Trinajstić information content (AvgIpc) is 2.95. The van der Waals surface area contributed by atoms with Crippen LogP contribution in [-0.2, 0) is 12.8 Å². The highest BCUT2D eigenvalue weighted by Gasteiger charge is 2.29. The van der Waals surface area contributed by atoms with E-state index in [0.29, 0.717) is 0 Å². The van der Waals surface area contributed by atoms with Crippen LogP contribution in [0.2, 0.25) is 0 Å². The second-order valence-electron chi connectivity index (χ2n) is 5.05. The predicted molar refractivity (Wildman–Crippen MR) is 66.2 cm³/mol. The molecule has 0 unspecified atom stereocenters. The molecular weight excluding hydrogens is 214 g/mol. The van der Waals surface area contributed by atoms with Crippen LogP contribution < -0.4 is 4.90 Å². The Hall–Kier alpha value is -1.16. The normalized spacial score (nSPS) is 23.2. The van der Waals surface area contributed by atoms with Gasteiger partial charge in [-0.2, -0.15) is 0 Å². The number of aryl methyl sites for hydroxylation is 2. The summed E-state index contributed by atoms with van der Waals surface area (Å²) in [4.78, 5) is 11.5. The second-order valence-corrected chi connectivity index (χ2v) is 5.05. The quantitative estimate of drug-likeness (QED) is 0.835. The maximum Gasteiger partial charge on any atom is 0.136 e. The molecule has 3 rings (SSSR count). The van der Waals surface area contributed by atoms with Gasteiger partial charge >= 0.3 is 0 Å². The summed E-state index contributed by atoms with van der Waals surface area (Å²) in [5.74, 6) is 1.96. The minimum atomic E-state index is 0.234. The molecule has 1 aromatic rings. The number of aliphatic hydroxyl groups is 1. The largest absolute Gasteiger partial charge is 0.394 e. The van der Waals surface area contributed by atoms with Crippen LogP contribution in [0.1, 0.15) is 36.3 Å². The van der Waals surface area contributed by atoms with E-state index in [1.165, 1.54) is 17.7 Å². The van der Waals surface area contributed by atoms with Crippen molar-refractivity contribution in [2.45, 2.75) is 45.1 Å². The first-order valence-electron chi connectivity index (χ1n) is 6.53. The molecule has 1 N–H and O–H groups in total. The maximum atomic E-state index is 9.43. The average molecular weight is 233 g/mol. The molecule has 0 bridgehead atoms. The number of anilines is 1. The molecule has 2 heterocycles. The van der Waals surface area contributed by atoms with E-state index in [2.05, 4.69) is 14.9 Å². The van der Waals surface area contributed by atoms with Crippen molar-refractivity contribution in [1.82, 2.24) is 9.97 Å². The SMILES string of the molecule is Cc1nc2c(c(N3CCC[C@H]3CO)n1)CCC2. The lowest BCUT2D eigenvalue weighted by Crippen LogP contribution is -2.33. The van der Waals surface area contributed by atoms with E-state index in [4.69, 9.17) is 0 Å². The number of hydrogen-bond donors (Lipinski definition) is 1. The van der Waals surface area contributed by atoms with Crippen LogP contribution in [-0.4, -0.2) is 34.3 Å². The smallest absolute Gasteiger partial charge is 0.136 e. The Bertz CT molecular complexity index is 433. The van der Waals surface area contributed by atoms with Gasteiger partial charge in [0.25, 0.3) is 0 Å². The molecule has 92 valence electrons. The number of aromatic nitrogens is 2. The molecule has 0 aromatic carbocycles. The summed E-state index contributed by atoms with van der Waals surface area (Å²) in [6.07, 6.45) is 5.61. The standard InChI is InChI=1S/C13H19N3O/c1-9-14-12-6-2-5-11(12)13(15-9)16-7-3-4-10(16)8-17/h10,17H,2-8H2,1H3/t10-/m0/s1. The lowest BCUT2D eigenvalue weighted by molar-refractivity contribution is 0.266. The molecule has 1 aliphatic heterocycles. The van der Waals surface area contributed by atoms with Crippen LogP contribution in [0, 0.1) is 6.92 Å². The summed E-state index contributed by atoms with van der Waals surface area (Å²) >= 11 is 0. The minimum absolute atomic E-state index is 0.234. The molecular formula is C13H19N3O. The van der Waals surface area contributed by atoms with Crippen LogP contribution >= 0.6 is 0 Å². The fraction of sp³-hybridized carbons (Fsp3) is 0.692. The fourth-order valence-corrected chi connectivity index (χ4v) is 3.08. The van der Waals surface area contributed by atoms with Crippen molar-refractivity contribution in [3.8, 4) is 0 Å². The monoisotopic (exact) mass is 233 g/mol. The van der Waals surface area contributed by atoms with Gasteiger partial charge in [0.1, 0.15) is 11.6 Å². The molecule has 4 nitrogen and oxygen atoms in total. The Balaban J connectivity index is 2.02. The second kappa shape index (κ2) is 4.26. The highest BCUT2D eigenvalue weighted by Crippen LogP contribution is 2.32. The Kier molecular flexibility index (Phi) is 2.74. The van der Waals surface area contributed by atoms with E-state index in [1.807, 2.05) is 6.92 Å². The summed E-state index contributed by atoms with van der Waals surface area (Å²) in [6.45, 7) is 3.22. The van der Waals surface area contributed by atoms with Gasteiger partial charge in [0.2, 0.25) is 0 Å². The third-order valence-electron chi connectivity index (χ3n) is 3.88. The van der Waals surface area contributed by atoms with Crippen molar-refractivity contribution in [1.29, 1.82) is 0 Å². The lowest BCUT2D eigenvalue weighted by atomic mass is 10.2. The van der Waals surface area contributed by atoms with Crippen LogP contribution in [0.25, 0.3) is 0 Å². The van der Waals surface area contributed by atoms with Crippen molar-refractivity contribution in [3.05, 3.63) is 17.1 Å². The first-order valence-corrected chi connectivity index (χ1v) is 6.53. The van der Waals surface area contributed by atoms with Gasteiger partial charge in [-0.1, -0.05) is 0 Å². The zero-order valence-corrected chi connectivity index (χ0v) is 10.3. The molecule has 1 aliphatic carbocycles. The van der Waals surface area contributed by atoms with Gasteiger partial charge in [-0.25, -0.2) is 9.97 Å².